The molecule has 0 spiro atoms. The lowest BCUT2D eigenvalue weighted by molar-refractivity contribution is -0.128. The molecule has 29 heavy (non-hydrogen) atoms. The summed E-state index contributed by atoms with van der Waals surface area (Å²) in [6, 6.07) is 4.52. The zero-order valence-corrected chi connectivity index (χ0v) is 18.6. The van der Waals surface area contributed by atoms with Crippen molar-refractivity contribution in [3.8, 4) is 11.8 Å². The third kappa shape index (κ3) is 6.16. The molecule has 5 nitrogen and oxygen atoms in total. The molecule has 1 fully saturated rings. The van der Waals surface area contributed by atoms with Crippen molar-refractivity contribution in [2.75, 3.05) is 14.1 Å². The fourth-order valence-electron chi connectivity index (χ4n) is 3.54. The van der Waals surface area contributed by atoms with Crippen LogP contribution >= 0.6 is 23.2 Å². The average molecular weight is 436 g/mol. The Morgan fingerprint density at radius 2 is 1.79 bits per heavy atom. The summed E-state index contributed by atoms with van der Waals surface area (Å²) in [5, 5.41) is 3.82. The van der Waals surface area contributed by atoms with Gasteiger partial charge in [-0.05, 0) is 44.0 Å². The van der Waals surface area contributed by atoms with Crippen LogP contribution in [0, 0.1) is 11.8 Å². The van der Waals surface area contributed by atoms with Crippen molar-refractivity contribution in [1.82, 2.24) is 15.1 Å². The quantitative estimate of drug-likeness (QED) is 0.564. The van der Waals surface area contributed by atoms with Crippen LogP contribution < -0.4 is 5.32 Å². The number of carbonyl (C=O) groups excluding carboxylic acids is 2. The van der Waals surface area contributed by atoms with Gasteiger partial charge in [0.1, 0.15) is 0 Å². The van der Waals surface area contributed by atoms with E-state index in [-0.39, 0.29) is 30.1 Å². The van der Waals surface area contributed by atoms with Crippen LogP contribution in [-0.4, -0.2) is 54.0 Å². The first kappa shape index (κ1) is 23.1. The zero-order chi connectivity index (χ0) is 21.6. The summed E-state index contributed by atoms with van der Waals surface area (Å²) in [7, 11) is 3.54. The van der Waals surface area contributed by atoms with Crippen LogP contribution in [0.25, 0.3) is 0 Å². The first-order valence-electron chi connectivity index (χ1n) is 9.63. The van der Waals surface area contributed by atoms with E-state index < -0.39 is 0 Å². The second kappa shape index (κ2) is 10.6. The predicted octanol–water partition coefficient (Wildman–Crippen LogP) is 4.33. The Bertz CT molecular complexity index is 831. The maximum atomic E-state index is 12.8. The van der Waals surface area contributed by atoms with E-state index in [0.29, 0.717) is 10.0 Å². The topological polar surface area (TPSA) is 52.7 Å². The van der Waals surface area contributed by atoms with E-state index in [1.54, 1.807) is 42.1 Å². The van der Waals surface area contributed by atoms with Gasteiger partial charge in [-0.1, -0.05) is 54.5 Å². The van der Waals surface area contributed by atoms with Crippen molar-refractivity contribution in [1.29, 1.82) is 0 Å². The third-order valence-electron chi connectivity index (χ3n) is 5.22. The number of carbonyl (C=O) groups is 2. The van der Waals surface area contributed by atoms with Crippen LogP contribution in [0.15, 0.2) is 30.9 Å². The maximum Gasteiger partial charge on any atom is 0.318 e. The molecule has 3 atom stereocenters. The molecule has 3 amide bonds. The van der Waals surface area contributed by atoms with Crippen molar-refractivity contribution in [3.63, 3.8) is 0 Å². The highest BCUT2D eigenvalue weighted by Crippen LogP contribution is 2.26. The van der Waals surface area contributed by atoms with Crippen LogP contribution in [0.4, 0.5) is 4.79 Å². The van der Waals surface area contributed by atoms with Crippen molar-refractivity contribution >= 4 is 35.1 Å². The van der Waals surface area contributed by atoms with E-state index in [1.165, 1.54) is 6.08 Å². The molecule has 0 aromatic heterocycles. The molecule has 0 saturated heterocycles. The summed E-state index contributed by atoms with van der Waals surface area (Å²) >= 11 is 11.9. The molecule has 1 aromatic rings. The number of nitrogens with one attached hydrogen (secondary N) is 1. The number of halogens is 2. The van der Waals surface area contributed by atoms with Gasteiger partial charge in [-0.2, -0.15) is 0 Å². The van der Waals surface area contributed by atoms with Crippen LogP contribution in [0.2, 0.25) is 10.0 Å². The Balaban J connectivity index is 2.03. The van der Waals surface area contributed by atoms with Crippen molar-refractivity contribution in [2.45, 2.75) is 50.7 Å². The summed E-state index contributed by atoms with van der Waals surface area (Å²) in [5.74, 6) is 5.87. The van der Waals surface area contributed by atoms with E-state index in [0.717, 1.165) is 31.2 Å². The molecule has 7 heteroatoms. The summed E-state index contributed by atoms with van der Waals surface area (Å²) in [5.41, 5.74) is 0.728. The molecular formula is C22H27Cl2N3O2. The molecule has 0 radical (unpaired) electrons. The van der Waals surface area contributed by atoms with Gasteiger partial charge in [-0.25, -0.2) is 4.79 Å². The van der Waals surface area contributed by atoms with Gasteiger partial charge in [0.15, 0.2) is 0 Å². The van der Waals surface area contributed by atoms with Gasteiger partial charge in [0, 0.05) is 19.7 Å². The lowest BCUT2D eigenvalue weighted by Crippen LogP contribution is -2.56. The molecule has 156 valence electrons. The molecule has 0 aliphatic heterocycles. The number of urea groups is 1. The second-order valence-corrected chi connectivity index (χ2v) is 8.07. The number of nitrogens with zero attached hydrogens (tertiary/aromatic N) is 2. The lowest BCUT2D eigenvalue weighted by atomic mass is 9.88. The van der Waals surface area contributed by atoms with E-state index in [9.17, 15) is 9.59 Å². The highest BCUT2D eigenvalue weighted by atomic mass is 35.5. The minimum Gasteiger partial charge on any atom is -0.337 e. The number of amides is 3. The van der Waals surface area contributed by atoms with Gasteiger partial charge in [0.25, 0.3) is 0 Å². The van der Waals surface area contributed by atoms with Crippen LogP contribution in [0.3, 0.4) is 0 Å². The van der Waals surface area contributed by atoms with E-state index >= 15 is 0 Å². The Hall–Kier alpha value is -2.16. The Kier molecular flexibility index (Phi) is 8.43. The molecular weight excluding hydrogens is 409 g/mol. The predicted molar refractivity (Wildman–Crippen MR) is 118 cm³/mol. The van der Waals surface area contributed by atoms with Crippen LogP contribution in [0.5, 0.6) is 0 Å². The minimum absolute atomic E-state index is 0.0254. The number of benzene rings is 1. The second-order valence-electron chi connectivity index (χ2n) is 7.25. The SMILES string of the molecule is C=CC(=O)N(C)[C@@H]1CCCC[C@H]1N(C)C(=O)NC(C)C#Cc1ccc(Cl)c(Cl)c1. The highest BCUT2D eigenvalue weighted by molar-refractivity contribution is 6.42. The summed E-state index contributed by atoms with van der Waals surface area (Å²) in [4.78, 5) is 28.2. The Labute approximate surface area is 183 Å². The number of rotatable bonds is 4. The normalized spacial score (nSPS) is 19.3. The van der Waals surface area contributed by atoms with Crippen molar-refractivity contribution in [2.24, 2.45) is 0 Å². The van der Waals surface area contributed by atoms with E-state index in [1.807, 2.05) is 6.92 Å². The lowest BCUT2D eigenvalue weighted by Gasteiger charge is -2.42. The molecule has 1 N–H and O–H groups in total. The summed E-state index contributed by atoms with van der Waals surface area (Å²) < 4.78 is 0. The molecule has 1 aromatic carbocycles. The van der Waals surface area contributed by atoms with E-state index in [2.05, 4.69) is 23.7 Å². The molecule has 0 bridgehead atoms. The van der Waals surface area contributed by atoms with Crippen molar-refractivity contribution in [3.05, 3.63) is 46.5 Å². The summed E-state index contributed by atoms with van der Waals surface area (Å²) in [6.45, 7) is 5.38. The van der Waals surface area contributed by atoms with Crippen LogP contribution in [0.1, 0.15) is 38.2 Å². The minimum atomic E-state index is -0.353. The summed E-state index contributed by atoms with van der Waals surface area (Å²) in [6.07, 6.45) is 5.10. The van der Waals surface area contributed by atoms with Gasteiger partial charge in [0.2, 0.25) is 5.91 Å². The molecule has 1 unspecified atom stereocenters. The van der Waals surface area contributed by atoms with Crippen molar-refractivity contribution < 1.29 is 9.59 Å². The van der Waals surface area contributed by atoms with Crippen LogP contribution in [-0.2, 0) is 4.79 Å². The van der Waals surface area contributed by atoms with Gasteiger partial charge < -0.3 is 15.1 Å². The molecule has 1 saturated carbocycles. The molecule has 1 aliphatic rings. The largest absolute Gasteiger partial charge is 0.337 e. The Morgan fingerprint density at radius 1 is 1.17 bits per heavy atom. The van der Waals surface area contributed by atoms with Gasteiger partial charge in [-0.3, -0.25) is 4.79 Å². The number of likely N-dealkylation sites (N-methyl/N-ethyl adjacent to an activating group) is 2. The van der Waals surface area contributed by atoms with Gasteiger partial charge in [0.05, 0.1) is 28.2 Å². The highest BCUT2D eigenvalue weighted by Gasteiger charge is 2.34. The first-order chi connectivity index (χ1) is 13.7. The Morgan fingerprint density at radius 3 is 2.38 bits per heavy atom. The standard InChI is InChI=1S/C22H27Cl2N3O2/c1-5-21(28)26(3)19-8-6-7-9-20(19)27(4)22(29)25-15(2)10-11-16-12-13-17(23)18(24)14-16/h5,12-15,19-20H,1,6-9H2,2-4H3,(H,25,29)/t15?,19-,20-/m1/s1. The van der Waals surface area contributed by atoms with Gasteiger partial charge >= 0.3 is 6.03 Å². The maximum absolute atomic E-state index is 12.8. The van der Waals surface area contributed by atoms with E-state index in [4.69, 9.17) is 23.2 Å². The zero-order valence-electron chi connectivity index (χ0n) is 17.0. The first-order valence-corrected chi connectivity index (χ1v) is 10.4. The fraction of sp³-hybridized carbons (Fsp3) is 0.455. The monoisotopic (exact) mass is 435 g/mol. The molecule has 0 heterocycles. The number of hydrogen-bond acceptors (Lipinski definition) is 2. The molecule has 2 rings (SSSR count). The smallest absolute Gasteiger partial charge is 0.318 e. The molecule has 1 aliphatic carbocycles. The average Bonchev–Trinajstić information content (AvgIpc) is 2.72. The third-order valence-corrected chi connectivity index (χ3v) is 5.96. The van der Waals surface area contributed by atoms with Gasteiger partial charge in [-0.15, -0.1) is 0 Å². The number of hydrogen-bond donors (Lipinski definition) is 1. The fourth-order valence-corrected chi connectivity index (χ4v) is 3.84.